The smallest absolute Gasteiger partial charge is 0.239 e. The highest BCUT2D eigenvalue weighted by atomic mass is 19.1. The largest absolute Gasteiger partial charge is 0.359 e. The molecule has 0 aliphatic carbocycles. The fourth-order valence-electron chi connectivity index (χ4n) is 3.90. The highest BCUT2D eigenvalue weighted by Gasteiger charge is 2.18. The Hall–Kier alpha value is -4.15. The van der Waals surface area contributed by atoms with Gasteiger partial charge in [-0.2, -0.15) is 5.10 Å². The quantitative estimate of drug-likeness (QED) is 0.467. The van der Waals surface area contributed by atoms with Crippen LogP contribution in [0.3, 0.4) is 0 Å². The fourth-order valence-corrected chi connectivity index (χ4v) is 3.90. The van der Waals surface area contributed by atoms with Crippen LogP contribution < -0.4 is 15.5 Å². The van der Waals surface area contributed by atoms with Gasteiger partial charge in [0.2, 0.25) is 11.9 Å². The molecule has 34 heavy (non-hydrogen) atoms. The van der Waals surface area contributed by atoms with E-state index in [1.165, 1.54) is 12.3 Å². The monoisotopic (exact) mass is 464 g/mol. The minimum Gasteiger partial charge on any atom is -0.359 e. The maximum Gasteiger partial charge on any atom is 0.239 e. The van der Waals surface area contributed by atoms with Crippen LogP contribution in [-0.4, -0.2) is 50.3 Å². The van der Waals surface area contributed by atoms with Crippen molar-refractivity contribution in [3.05, 3.63) is 54.5 Å². The summed E-state index contributed by atoms with van der Waals surface area (Å²) in [7, 11) is 0. The third kappa shape index (κ3) is 4.12. The van der Waals surface area contributed by atoms with E-state index in [0.717, 1.165) is 11.9 Å². The van der Waals surface area contributed by atoms with Gasteiger partial charge in [-0.25, -0.2) is 23.7 Å². The zero-order valence-corrected chi connectivity index (χ0v) is 18.6. The van der Waals surface area contributed by atoms with Crippen molar-refractivity contribution in [2.24, 2.45) is 0 Å². The Kier molecular flexibility index (Phi) is 5.52. The van der Waals surface area contributed by atoms with Crippen molar-refractivity contribution in [2.75, 3.05) is 29.9 Å². The van der Waals surface area contributed by atoms with E-state index in [9.17, 15) is 13.6 Å². The molecule has 9 nitrogen and oxygen atoms in total. The van der Waals surface area contributed by atoms with Crippen LogP contribution in [0.5, 0.6) is 0 Å². The Labute approximate surface area is 193 Å². The van der Waals surface area contributed by atoms with E-state index in [1.807, 2.05) is 24.8 Å². The maximum atomic E-state index is 14.7. The first-order valence-electron chi connectivity index (χ1n) is 10.8. The molecule has 11 heteroatoms. The first-order chi connectivity index (χ1) is 16.4. The Morgan fingerprint density at radius 3 is 2.68 bits per heavy atom. The van der Waals surface area contributed by atoms with E-state index in [4.69, 9.17) is 0 Å². The molecule has 0 bridgehead atoms. The number of benzene rings is 1. The summed E-state index contributed by atoms with van der Waals surface area (Å²) in [4.78, 5) is 26.1. The summed E-state index contributed by atoms with van der Waals surface area (Å²) in [5.41, 5.74) is 1.61. The van der Waals surface area contributed by atoms with Crippen LogP contribution >= 0.6 is 0 Å². The predicted octanol–water partition coefficient (Wildman–Crippen LogP) is 3.43. The minimum atomic E-state index is -0.674. The lowest BCUT2D eigenvalue weighted by Crippen LogP contribution is -2.47. The van der Waals surface area contributed by atoms with Gasteiger partial charge in [0, 0.05) is 24.7 Å². The normalized spacial score (nSPS) is 14.0. The first-order valence-corrected chi connectivity index (χ1v) is 10.8. The maximum absolute atomic E-state index is 14.7. The highest BCUT2D eigenvalue weighted by molar-refractivity contribution is 5.85. The lowest BCUT2D eigenvalue weighted by atomic mass is 10.1. The molecule has 1 aliphatic rings. The summed E-state index contributed by atoms with van der Waals surface area (Å²) in [5.74, 6) is -0.650. The molecule has 0 unspecified atom stereocenters. The first kappa shape index (κ1) is 21.7. The molecule has 0 atom stereocenters. The summed E-state index contributed by atoms with van der Waals surface area (Å²) in [6.07, 6.45) is 4.14. The topological polar surface area (TPSA) is 101 Å². The molecule has 1 aromatic carbocycles. The molecule has 0 spiro atoms. The summed E-state index contributed by atoms with van der Waals surface area (Å²) in [5, 5.41) is 10.3. The van der Waals surface area contributed by atoms with E-state index in [2.05, 4.69) is 30.7 Å². The molecular formula is C23H22F2N8O. The second-order valence-electron chi connectivity index (χ2n) is 8.26. The number of hydrogen-bond acceptors (Lipinski definition) is 7. The summed E-state index contributed by atoms with van der Waals surface area (Å²) < 4.78 is 31.1. The van der Waals surface area contributed by atoms with Gasteiger partial charge in [0.1, 0.15) is 17.3 Å². The number of amides is 1. The van der Waals surface area contributed by atoms with E-state index >= 15 is 0 Å². The summed E-state index contributed by atoms with van der Waals surface area (Å²) in [6, 6.07) is 6.47. The number of carbonyl (C=O) groups excluding carboxylic acids is 1. The van der Waals surface area contributed by atoms with E-state index in [1.54, 1.807) is 23.0 Å². The fraction of sp³-hybridized carbons (Fsp3) is 0.261. The van der Waals surface area contributed by atoms with Crippen molar-refractivity contribution in [2.45, 2.75) is 19.9 Å². The van der Waals surface area contributed by atoms with Gasteiger partial charge in [-0.05, 0) is 38.1 Å². The molecular weight excluding hydrogens is 442 g/mol. The van der Waals surface area contributed by atoms with E-state index in [-0.39, 0.29) is 35.7 Å². The Morgan fingerprint density at radius 2 is 1.94 bits per heavy atom. The number of anilines is 3. The molecule has 3 aromatic heterocycles. The van der Waals surface area contributed by atoms with Gasteiger partial charge >= 0.3 is 0 Å². The Bertz CT molecular complexity index is 1370. The molecule has 4 aromatic rings. The van der Waals surface area contributed by atoms with Gasteiger partial charge in [0.05, 0.1) is 41.7 Å². The van der Waals surface area contributed by atoms with Gasteiger partial charge < -0.3 is 15.5 Å². The molecule has 0 saturated carbocycles. The number of halogens is 2. The third-order valence-electron chi connectivity index (χ3n) is 5.56. The lowest BCUT2D eigenvalue weighted by Gasteiger charge is -2.28. The van der Waals surface area contributed by atoms with Crippen LogP contribution in [0.2, 0.25) is 0 Å². The highest BCUT2D eigenvalue weighted by Crippen LogP contribution is 2.29. The molecule has 1 aliphatic heterocycles. The van der Waals surface area contributed by atoms with Crippen LogP contribution in [0.25, 0.3) is 22.2 Å². The zero-order chi connectivity index (χ0) is 23.8. The minimum absolute atomic E-state index is 0.00740. The molecule has 5 rings (SSSR count). The number of nitrogens with zero attached hydrogens (tertiary/aromatic N) is 6. The third-order valence-corrected chi connectivity index (χ3v) is 5.56. The van der Waals surface area contributed by atoms with Gasteiger partial charge in [-0.1, -0.05) is 0 Å². The molecule has 2 N–H and O–H groups in total. The second kappa shape index (κ2) is 8.65. The average molecular weight is 464 g/mol. The number of piperazine rings is 1. The SMILES string of the molecule is CC(C)n1ncc2c(F)cc(-c3nc(Nc4ccc(N5CCNC(=O)C5)cn4)ncc3F)cc21. The standard InChI is InChI=1S/C23H22F2N8O/c1-13(2)33-19-8-14(7-17(24)16(19)10-29-33)22-18(25)11-28-23(31-22)30-20-4-3-15(9-27-20)32-6-5-26-21(34)12-32/h3-4,7-11,13H,5-6,12H2,1-2H3,(H,26,34)(H,27,28,30,31). The number of fused-ring (bicyclic) bond motifs is 1. The Balaban J connectivity index is 1.42. The molecule has 1 fully saturated rings. The summed E-state index contributed by atoms with van der Waals surface area (Å²) >= 11 is 0. The number of rotatable bonds is 5. The molecule has 1 saturated heterocycles. The van der Waals surface area contributed by atoms with Gasteiger partial charge in [-0.3, -0.25) is 9.48 Å². The van der Waals surface area contributed by atoms with Crippen LogP contribution in [0.4, 0.5) is 26.2 Å². The van der Waals surface area contributed by atoms with Crippen molar-refractivity contribution in [3.8, 4) is 11.3 Å². The van der Waals surface area contributed by atoms with Crippen LogP contribution in [0.1, 0.15) is 19.9 Å². The van der Waals surface area contributed by atoms with Crippen molar-refractivity contribution >= 4 is 34.3 Å². The number of carbonyl (C=O) groups is 1. The van der Waals surface area contributed by atoms with Crippen molar-refractivity contribution < 1.29 is 13.6 Å². The molecule has 1 amide bonds. The van der Waals surface area contributed by atoms with Crippen LogP contribution in [-0.2, 0) is 4.79 Å². The molecule has 4 heterocycles. The number of hydrogen-bond donors (Lipinski definition) is 2. The van der Waals surface area contributed by atoms with E-state index < -0.39 is 11.6 Å². The van der Waals surface area contributed by atoms with Crippen molar-refractivity contribution in [1.29, 1.82) is 0 Å². The van der Waals surface area contributed by atoms with Crippen molar-refractivity contribution in [1.82, 2.24) is 30.0 Å². The zero-order valence-electron chi connectivity index (χ0n) is 18.6. The van der Waals surface area contributed by atoms with Crippen LogP contribution in [0.15, 0.2) is 42.9 Å². The van der Waals surface area contributed by atoms with Gasteiger partial charge in [0.15, 0.2) is 5.82 Å². The number of nitrogens with one attached hydrogen (secondary N) is 2. The molecule has 0 radical (unpaired) electrons. The van der Waals surface area contributed by atoms with Crippen molar-refractivity contribution in [3.63, 3.8) is 0 Å². The second-order valence-corrected chi connectivity index (χ2v) is 8.26. The van der Waals surface area contributed by atoms with E-state index in [0.29, 0.717) is 29.8 Å². The Morgan fingerprint density at radius 1 is 1.09 bits per heavy atom. The lowest BCUT2D eigenvalue weighted by molar-refractivity contribution is -0.120. The number of aromatic nitrogens is 5. The average Bonchev–Trinajstić information content (AvgIpc) is 3.26. The molecule has 174 valence electrons. The summed E-state index contributed by atoms with van der Waals surface area (Å²) in [6.45, 7) is 5.41. The predicted molar refractivity (Wildman–Crippen MR) is 124 cm³/mol. The van der Waals surface area contributed by atoms with Crippen LogP contribution in [0, 0.1) is 11.6 Å². The van der Waals surface area contributed by atoms with Gasteiger partial charge in [0.25, 0.3) is 0 Å². The number of pyridine rings is 1. The van der Waals surface area contributed by atoms with Gasteiger partial charge in [-0.15, -0.1) is 0 Å².